The Morgan fingerprint density at radius 2 is 2.26 bits per heavy atom. The minimum atomic E-state index is -0.154. The summed E-state index contributed by atoms with van der Waals surface area (Å²) in [5.74, 6) is -0.0509. The summed E-state index contributed by atoms with van der Waals surface area (Å²) in [6.07, 6.45) is 2.95. The highest BCUT2D eigenvalue weighted by molar-refractivity contribution is 5.91. The van der Waals surface area contributed by atoms with E-state index in [9.17, 15) is 4.79 Å². The molecule has 1 amide bonds. The topological polar surface area (TPSA) is 65.1 Å². The molecule has 0 bridgehead atoms. The number of aliphatic hydroxyl groups is 1. The molecule has 0 fully saturated rings. The van der Waals surface area contributed by atoms with Gasteiger partial charge in [-0.05, 0) is 30.5 Å². The van der Waals surface area contributed by atoms with Crippen LogP contribution in [-0.4, -0.2) is 28.6 Å². The first-order valence-electron chi connectivity index (χ1n) is 6.61. The molecule has 1 aromatic carbocycles. The highest BCUT2D eigenvalue weighted by atomic mass is 16.3. The number of fused-ring (bicyclic) bond motifs is 1. The van der Waals surface area contributed by atoms with Gasteiger partial charge in [0.2, 0.25) is 5.91 Å². The van der Waals surface area contributed by atoms with Crippen LogP contribution in [0, 0.1) is 6.92 Å². The molecule has 3 N–H and O–H groups in total. The standard InChI is InChI=1S/C15H20N2O2/c1-3-12(9-18)17-14(19)7-11-8-16-13-6-4-5-10(2)15(11)13/h4-6,8,12,16,18H,3,7,9H2,1-2H3,(H,17,19). The van der Waals surface area contributed by atoms with Crippen molar-refractivity contribution in [2.24, 2.45) is 0 Å². The number of nitrogens with one attached hydrogen (secondary N) is 2. The highest BCUT2D eigenvalue weighted by Gasteiger charge is 2.13. The number of hydrogen-bond acceptors (Lipinski definition) is 2. The number of carbonyl (C=O) groups is 1. The van der Waals surface area contributed by atoms with Crippen LogP contribution in [-0.2, 0) is 11.2 Å². The molecular formula is C15H20N2O2. The van der Waals surface area contributed by atoms with Crippen molar-refractivity contribution in [2.75, 3.05) is 6.61 Å². The third-order valence-corrected chi connectivity index (χ3v) is 3.43. The Morgan fingerprint density at radius 3 is 2.95 bits per heavy atom. The van der Waals surface area contributed by atoms with Gasteiger partial charge in [-0.15, -0.1) is 0 Å². The van der Waals surface area contributed by atoms with Crippen LogP contribution >= 0.6 is 0 Å². The fourth-order valence-corrected chi connectivity index (χ4v) is 2.32. The molecule has 1 unspecified atom stereocenters. The minimum absolute atomic E-state index is 0.0187. The summed E-state index contributed by atoms with van der Waals surface area (Å²) in [6, 6.07) is 5.89. The summed E-state index contributed by atoms with van der Waals surface area (Å²) < 4.78 is 0. The molecule has 0 saturated heterocycles. The predicted molar refractivity (Wildman–Crippen MR) is 76.0 cm³/mol. The number of benzene rings is 1. The summed E-state index contributed by atoms with van der Waals surface area (Å²) >= 11 is 0. The van der Waals surface area contributed by atoms with Crippen molar-refractivity contribution in [1.29, 1.82) is 0 Å². The molecule has 0 aliphatic rings. The van der Waals surface area contributed by atoms with Crippen LogP contribution in [0.2, 0.25) is 0 Å². The molecule has 102 valence electrons. The average Bonchev–Trinajstić information content (AvgIpc) is 2.80. The number of H-pyrrole nitrogens is 1. The van der Waals surface area contributed by atoms with Crippen LogP contribution in [0.5, 0.6) is 0 Å². The fourth-order valence-electron chi connectivity index (χ4n) is 2.32. The number of aryl methyl sites for hydroxylation is 1. The fraction of sp³-hybridized carbons (Fsp3) is 0.400. The van der Waals surface area contributed by atoms with Gasteiger partial charge >= 0.3 is 0 Å². The van der Waals surface area contributed by atoms with Crippen molar-refractivity contribution < 1.29 is 9.90 Å². The summed E-state index contributed by atoms with van der Waals surface area (Å²) in [5, 5.41) is 13.1. The van der Waals surface area contributed by atoms with Crippen LogP contribution in [0.25, 0.3) is 10.9 Å². The van der Waals surface area contributed by atoms with E-state index in [1.54, 1.807) is 0 Å². The second-order valence-electron chi connectivity index (χ2n) is 4.84. The smallest absolute Gasteiger partial charge is 0.224 e. The zero-order valence-corrected chi connectivity index (χ0v) is 11.4. The van der Waals surface area contributed by atoms with Gasteiger partial charge in [-0.3, -0.25) is 4.79 Å². The molecule has 4 heteroatoms. The molecule has 0 spiro atoms. The third-order valence-electron chi connectivity index (χ3n) is 3.43. The zero-order valence-electron chi connectivity index (χ0n) is 11.4. The van der Waals surface area contributed by atoms with Crippen molar-refractivity contribution in [1.82, 2.24) is 10.3 Å². The van der Waals surface area contributed by atoms with E-state index < -0.39 is 0 Å². The number of aliphatic hydroxyl groups excluding tert-OH is 1. The minimum Gasteiger partial charge on any atom is -0.394 e. The Morgan fingerprint density at radius 1 is 1.47 bits per heavy atom. The average molecular weight is 260 g/mol. The van der Waals surface area contributed by atoms with Crippen LogP contribution in [0.3, 0.4) is 0 Å². The van der Waals surface area contributed by atoms with Crippen LogP contribution in [0.1, 0.15) is 24.5 Å². The molecule has 1 heterocycles. The number of carbonyl (C=O) groups excluding carboxylic acids is 1. The molecule has 0 aliphatic heterocycles. The Hall–Kier alpha value is -1.81. The molecule has 2 rings (SSSR count). The van der Waals surface area contributed by atoms with Crippen molar-refractivity contribution in [2.45, 2.75) is 32.7 Å². The molecule has 0 saturated carbocycles. The SMILES string of the molecule is CCC(CO)NC(=O)Cc1c[nH]c2cccc(C)c12. The van der Waals surface area contributed by atoms with Gasteiger partial charge in [-0.25, -0.2) is 0 Å². The van der Waals surface area contributed by atoms with E-state index in [2.05, 4.69) is 10.3 Å². The maximum Gasteiger partial charge on any atom is 0.224 e. The largest absolute Gasteiger partial charge is 0.394 e. The van der Waals surface area contributed by atoms with Crippen LogP contribution in [0.4, 0.5) is 0 Å². The first kappa shape index (κ1) is 13.6. The number of rotatable bonds is 5. The van der Waals surface area contributed by atoms with Gasteiger partial charge in [0, 0.05) is 17.1 Å². The zero-order chi connectivity index (χ0) is 13.8. The lowest BCUT2D eigenvalue weighted by molar-refractivity contribution is -0.121. The van der Waals surface area contributed by atoms with Crippen molar-refractivity contribution in [3.63, 3.8) is 0 Å². The first-order chi connectivity index (χ1) is 9.15. The van der Waals surface area contributed by atoms with E-state index in [0.717, 1.165) is 28.5 Å². The third kappa shape index (κ3) is 2.96. The molecule has 1 atom stereocenters. The van der Waals surface area contributed by atoms with Gasteiger partial charge in [0.1, 0.15) is 0 Å². The van der Waals surface area contributed by atoms with Gasteiger partial charge < -0.3 is 15.4 Å². The molecule has 2 aromatic rings. The molecule has 0 aliphatic carbocycles. The van der Waals surface area contributed by atoms with E-state index in [1.165, 1.54) is 0 Å². The van der Waals surface area contributed by atoms with Gasteiger partial charge in [0.25, 0.3) is 0 Å². The van der Waals surface area contributed by atoms with E-state index >= 15 is 0 Å². The maximum absolute atomic E-state index is 12.0. The van der Waals surface area contributed by atoms with E-state index in [4.69, 9.17) is 5.11 Å². The Bertz CT molecular complexity index is 571. The highest BCUT2D eigenvalue weighted by Crippen LogP contribution is 2.22. The Labute approximate surface area is 112 Å². The van der Waals surface area contributed by atoms with Crippen molar-refractivity contribution >= 4 is 16.8 Å². The van der Waals surface area contributed by atoms with E-state index in [1.807, 2.05) is 38.2 Å². The van der Waals surface area contributed by atoms with Gasteiger partial charge in [-0.2, -0.15) is 0 Å². The molecule has 1 aromatic heterocycles. The van der Waals surface area contributed by atoms with Gasteiger partial charge in [-0.1, -0.05) is 19.1 Å². The van der Waals surface area contributed by atoms with Crippen molar-refractivity contribution in [3.8, 4) is 0 Å². The summed E-state index contributed by atoms with van der Waals surface area (Å²) in [4.78, 5) is 15.1. The number of hydrogen-bond donors (Lipinski definition) is 3. The molecule has 0 radical (unpaired) electrons. The lowest BCUT2D eigenvalue weighted by Gasteiger charge is -2.13. The monoisotopic (exact) mass is 260 g/mol. The Kier molecular flexibility index (Phi) is 4.22. The lowest BCUT2D eigenvalue weighted by Crippen LogP contribution is -2.37. The number of aromatic nitrogens is 1. The normalized spacial score (nSPS) is 12.6. The van der Waals surface area contributed by atoms with Crippen LogP contribution < -0.4 is 5.32 Å². The predicted octanol–water partition coefficient (Wildman–Crippen LogP) is 1.91. The summed E-state index contributed by atoms with van der Waals surface area (Å²) in [6.45, 7) is 3.96. The van der Waals surface area contributed by atoms with Crippen LogP contribution in [0.15, 0.2) is 24.4 Å². The maximum atomic E-state index is 12.0. The quantitative estimate of drug-likeness (QED) is 0.769. The Balaban J connectivity index is 2.15. The van der Waals surface area contributed by atoms with Crippen molar-refractivity contribution in [3.05, 3.63) is 35.5 Å². The second kappa shape index (κ2) is 5.89. The number of amides is 1. The van der Waals surface area contributed by atoms with E-state index in [-0.39, 0.29) is 18.6 Å². The second-order valence-corrected chi connectivity index (χ2v) is 4.84. The lowest BCUT2D eigenvalue weighted by atomic mass is 10.0. The first-order valence-corrected chi connectivity index (χ1v) is 6.61. The summed E-state index contributed by atoms with van der Waals surface area (Å²) in [7, 11) is 0. The molecule has 19 heavy (non-hydrogen) atoms. The van der Waals surface area contributed by atoms with Gasteiger partial charge in [0.15, 0.2) is 0 Å². The number of aromatic amines is 1. The molecular weight excluding hydrogens is 240 g/mol. The summed E-state index contributed by atoms with van der Waals surface area (Å²) in [5.41, 5.74) is 3.21. The van der Waals surface area contributed by atoms with Gasteiger partial charge in [0.05, 0.1) is 19.1 Å². The van der Waals surface area contributed by atoms with E-state index in [0.29, 0.717) is 6.42 Å². The molecule has 4 nitrogen and oxygen atoms in total.